The number of nitrogens with two attached hydrogens (primary N) is 1. The molecule has 8 heteroatoms. The minimum Gasteiger partial charge on any atom is -0.399 e. The van der Waals surface area contributed by atoms with Gasteiger partial charge in [-0.05, 0) is 56.3 Å². The average Bonchev–Trinajstić information content (AvgIpc) is 3.21. The van der Waals surface area contributed by atoms with E-state index in [-0.39, 0.29) is 11.6 Å². The third-order valence-corrected chi connectivity index (χ3v) is 5.96. The fourth-order valence-electron chi connectivity index (χ4n) is 3.45. The smallest absolute Gasteiger partial charge is 0.284 e. The highest BCUT2D eigenvalue weighted by molar-refractivity contribution is 7.99. The molecule has 0 aromatic heterocycles. The summed E-state index contributed by atoms with van der Waals surface area (Å²) in [5.41, 5.74) is 6.58. The molecule has 1 amide bonds. The standard InChI is InChI=1S/C20H24N4O3S.C2H6/c1-2-23-10-4-6-16(23)13-22-20(25)14-8-9-19(18(11-14)24(26)27)28-17-7-3-5-15(21)12-17;1-2/h3,5,7-9,11-12,16H,2,4,6,10,13,21H2,1H3,(H,22,25);1-2H3. The van der Waals surface area contributed by atoms with E-state index in [2.05, 4.69) is 17.1 Å². The van der Waals surface area contributed by atoms with Crippen molar-refractivity contribution < 1.29 is 9.72 Å². The van der Waals surface area contributed by atoms with Gasteiger partial charge in [-0.25, -0.2) is 0 Å². The van der Waals surface area contributed by atoms with Gasteiger partial charge >= 0.3 is 0 Å². The van der Waals surface area contributed by atoms with E-state index in [1.165, 1.54) is 17.8 Å². The molecule has 30 heavy (non-hydrogen) atoms. The average molecular weight is 431 g/mol. The maximum atomic E-state index is 12.5. The topological polar surface area (TPSA) is 102 Å². The van der Waals surface area contributed by atoms with Crippen LogP contribution in [0, 0.1) is 10.1 Å². The number of nitrogen functional groups attached to an aromatic ring is 1. The summed E-state index contributed by atoms with van der Waals surface area (Å²) in [6, 6.07) is 12.1. The maximum Gasteiger partial charge on any atom is 0.284 e. The van der Waals surface area contributed by atoms with Gasteiger partial charge in [-0.3, -0.25) is 19.8 Å². The largest absolute Gasteiger partial charge is 0.399 e. The predicted molar refractivity (Wildman–Crippen MR) is 122 cm³/mol. The Morgan fingerprint density at radius 2 is 2.07 bits per heavy atom. The van der Waals surface area contributed by atoms with E-state index in [1.54, 1.807) is 30.3 Å². The third kappa shape index (κ3) is 6.21. The number of nitrogens with zero attached hydrogens (tertiary/aromatic N) is 2. The van der Waals surface area contributed by atoms with Crippen LogP contribution in [0.3, 0.4) is 0 Å². The van der Waals surface area contributed by atoms with E-state index in [0.29, 0.717) is 28.7 Å². The highest BCUT2D eigenvalue weighted by atomic mass is 32.2. The lowest BCUT2D eigenvalue weighted by Gasteiger charge is -2.22. The molecule has 0 aliphatic carbocycles. The summed E-state index contributed by atoms with van der Waals surface area (Å²) in [4.78, 5) is 27.2. The molecule has 0 saturated carbocycles. The molecule has 0 spiro atoms. The van der Waals surface area contributed by atoms with Gasteiger partial charge < -0.3 is 11.1 Å². The van der Waals surface area contributed by atoms with E-state index in [0.717, 1.165) is 30.8 Å². The Labute approximate surface area is 182 Å². The number of carbonyl (C=O) groups is 1. The molecule has 3 N–H and O–H groups in total. The van der Waals surface area contributed by atoms with Crippen molar-refractivity contribution >= 4 is 29.0 Å². The number of amides is 1. The van der Waals surface area contributed by atoms with Crippen molar-refractivity contribution in [3.63, 3.8) is 0 Å². The molecule has 0 radical (unpaired) electrons. The van der Waals surface area contributed by atoms with Crippen molar-refractivity contribution in [2.75, 3.05) is 25.4 Å². The Morgan fingerprint density at radius 1 is 1.30 bits per heavy atom. The first kappa shape index (κ1) is 23.7. The molecule has 1 atom stereocenters. The van der Waals surface area contributed by atoms with Crippen LogP contribution >= 0.6 is 11.8 Å². The quantitative estimate of drug-likeness (QED) is 0.379. The summed E-state index contributed by atoms with van der Waals surface area (Å²) < 4.78 is 0. The first-order valence-corrected chi connectivity index (χ1v) is 11.1. The molecular weight excluding hydrogens is 400 g/mol. The Kier molecular flexibility index (Phi) is 9.14. The molecule has 1 aliphatic rings. The number of likely N-dealkylation sites (N-methyl/N-ethyl adjacent to an activating group) is 1. The molecule has 0 bridgehead atoms. The molecule has 3 rings (SSSR count). The molecule has 1 fully saturated rings. The normalized spacial score (nSPS) is 15.9. The fourth-order valence-corrected chi connectivity index (χ4v) is 4.42. The van der Waals surface area contributed by atoms with E-state index in [1.807, 2.05) is 19.9 Å². The molecule has 1 aliphatic heterocycles. The summed E-state index contributed by atoms with van der Waals surface area (Å²) in [6.07, 6.45) is 2.19. The number of anilines is 1. The van der Waals surface area contributed by atoms with Crippen molar-refractivity contribution in [2.45, 2.75) is 49.4 Å². The van der Waals surface area contributed by atoms with Crippen LogP contribution in [0.5, 0.6) is 0 Å². The van der Waals surface area contributed by atoms with Gasteiger partial charge in [0.15, 0.2) is 0 Å². The highest BCUT2D eigenvalue weighted by Crippen LogP contribution is 2.36. The molecule has 2 aromatic carbocycles. The van der Waals surface area contributed by atoms with Crippen molar-refractivity contribution in [2.24, 2.45) is 0 Å². The number of hydrogen-bond donors (Lipinski definition) is 2. The van der Waals surface area contributed by atoms with Crippen molar-refractivity contribution in [3.05, 3.63) is 58.1 Å². The van der Waals surface area contributed by atoms with Crippen LogP contribution in [0.4, 0.5) is 11.4 Å². The molecule has 2 aromatic rings. The Balaban J connectivity index is 0.00000155. The maximum absolute atomic E-state index is 12.5. The van der Waals surface area contributed by atoms with Crippen LogP contribution in [0.1, 0.15) is 44.0 Å². The van der Waals surface area contributed by atoms with Gasteiger partial charge in [0.2, 0.25) is 0 Å². The molecule has 1 unspecified atom stereocenters. The first-order chi connectivity index (χ1) is 14.5. The van der Waals surface area contributed by atoms with Crippen LogP contribution in [-0.4, -0.2) is 41.4 Å². The monoisotopic (exact) mass is 430 g/mol. The third-order valence-electron chi connectivity index (χ3n) is 4.91. The van der Waals surface area contributed by atoms with E-state index in [9.17, 15) is 14.9 Å². The zero-order valence-electron chi connectivity index (χ0n) is 17.8. The second kappa shape index (κ2) is 11.6. The van der Waals surface area contributed by atoms with Crippen LogP contribution in [0.15, 0.2) is 52.3 Å². The number of nitro benzene ring substituents is 1. The second-order valence-electron chi connectivity index (χ2n) is 6.75. The molecule has 1 saturated heterocycles. The Morgan fingerprint density at radius 3 is 2.73 bits per heavy atom. The summed E-state index contributed by atoms with van der Waals surface area (Å²) in [6.45, 7) is 8.68. The van der Waals surface area contributed by atoms with E-state index >= 15 is 0 Å². The van der Waals surface area contributed by atoms with E-state index < -0.39 is 4.92 Å². The second-order valence-corrected chi connectivity index (χ2v) is 7.86. The molecule has 1 heterocycles. The molecule has 162 valence electrons. The SMILES string of the molecule is CC.CCN1CCCC1CNC(=O)c1ccc(Sc2cccc(N)c2)c([N+](=O)[O-])c1. The van der Waals surface area contributed by atoms with Crippen molar-refractivity contribution in [1.29, 1.82) is 0 Å². The first-order valence-electron chi connectivity index (χ1n) is 10.3. The lowest BCUT2D eigenvalue weighted by Crippen LogP contribution is -2.40. The number of rotatable bonds is 7. The van der Waals surface area contributed by atoms with Crippen molar-refractivity contribution in [3.8, 4) is 0 Å². The summed E-state index contributed by atoms with van der Waals surface area (Å²) >= 11 is 1.25. The number of benzene rings is 2. The Bertz CT molecular complexity index is 875. The van der Waals surface area contributed by atoms with Crippen molar-refractivity contribution in [1.82, 2.24) is 10.2 Å². The summed E-state index contributed by atoms with van der Waals surface area (Å²) in [5, 5.41) is 14.5. The van der Waals surface area contributed by atoms with Gasteiger partial charge in [0, 0.05) is 34.8 Å². The lowest BCUT2D eigenvalue weighted by atomic mass is 10.1. The van der Waals surface area contributed by atoms with Crippen LogP contribution in [0.25, 0.3) is 0 Å². The fraction of sp³-hybridized carbons (Fsp3) is 0.409. The minimum atomic E-state index is -0.457. The number of nitrogens with one attached hydrogen (secondary N) is 1. The number of nitro groups is 1. The van der Waals surface area contributed by atoms with Crippen LogP contribution in [-0.2, 0) is 0 Å². The van der Waals surface area contributed by atoms with Crippen LogP contribution < -0.4 is 11.1 Å². The predicted octanol–water partition coefficient (Wildman–Crippen LogP) is 4.57. The molecular formula is C22H30N4O3S. The lowest BCUT2D eigenvalue weighted by molar-refractivity contribution is -0.387. The summed E-state index contributed by atoms with van der Waals surface area (Å²) in [5.74, 6) is -0.286. The number of likely N-dealkylation sites (tertiary alicyclic amines) is 1. The minimum absolute atomic E-state index is 0.0869. The molecule has 7 nitrogen and oxygen atoms in total. The highest BCUT2D eigenvalue weighted by Gasteiger charge is 2.24. The van der Waals surface area contributed by atoms with Gasteiger partial charge in [0.05, 0.1) is 9.82 Å². The van der Waals surface area contributed by atoms with Gasteiger partial charge in [0.25, 0.3) is 11.6 Å². The number of hydrogen-bond acceptors (Lipinski definition) is 6. The van der Waals surface area contributed by atoms with Gasteiger partial charge in [-0.2, -0.15) is 0 Å². The van der Waals surface area contributed by atoms with Gasteiger partial charge in [-0.1, -0.05) is 38.6 Å². The van der Waals surface area contributed by atoms with Gasteiger partial charge in [0.1, 0.15) is 0 Å². The van der Waals surface area contributed by atoms with E-state index in [4.69, 9.17) is 5.73 Å². The van der Waals surface area contributed by atoms with Gasteiger partial charge in [-0.15, -0.1) is 0 Å². The summed E-state index contributed by atoms with van der Waals surface area (Å²) in [7, 11) is 0. The number of carbonyl (C=O) groups excluding carboxylic acids is 1. The Hall–Kier alpha value is -2.58. The zero-order valence-corrected chi connectivity index (χ0v) is 18.6. The van der Waals surface area contributed by atoms with Crippen LogP contribution in [0.2, 0.25) is 0 Å². The zero-order chi connectivity index (χ0) is 22.1.